The molecular formula is C25H28N4O3. The summed E-state index contributed by atoms with van der Waals surface area (Å²) in [7, 11) is 1.53. The number of nitrogens with zero attached hydrogens (tertiary/aromatic N) is 2. The van der Waals surface area contributed by atoms with Gasteiger partial charge in [-0.1, -0.05) is 63.2 Å². The molecule has 1 aliphatic heterocycles. The van der Waals surface area contributed by atoms with E-state index in [-0.39, 0.29) is 17.2 Å². The molecule has 0 saturated heterocycles. The molecule has 1 aromatic heterocycles. The zero-order valence-corrected chi connectivity index (χ0v) is 18.8. The Labute approximate surface area is 187 Å². The van der Waals surface area contributed by atoms with Crippen LogP contribution in [0.2, 0.25) is 0 Å². The van der Waals surface area contributed by atoms with Gasteiger partial charge in [-0.15, -0.1) is 0 Å². The fraction of sp³-hybridized carbons (Fsp3) is 0.320. The second-order valence-corrected chi connectivity index (χ2v) is 9.03. The van der Waals surface area contributed by atoms with E-state index in [0.29, 0.717) is 24.5 Å². The van der Waals surface area contributed by atoms with Crippen molar-refractivity contribution in [3.8, 4) is 0 Å². The van der Waals surface area contributed by atoms with Crippen molar-refractivity contribution in [1.29, 1.82) is 0 Å². The van der Waals surface area contributed by atoms with Crippen LogP contribution < -0.4 is 5.32 Å². The number of aromatic nitrogens is 2. The van der Waals surface area contributed by atoms with Crippen molar-refractivity contribution >= 4 is 17.6 Å². The molecule has 0 bridgehead atoms. The molecule has 1 aliphatic rings. The first-order valence-corrected chi connectivity index (χ1v) is 10.6. The number of benzene rings is 2. The van der Waals surface area contributed by atoms with Gasteiger partial charge in [0.2, 0.25) is 0 Å². The predicted octanol–water partition coefficient (Wildman–Crippen LogP) is 4.19. The molecule has 2 amide bonds. The van der Waals surface area contributed by atoms with Crippen LogP contribution in [-0.2, 0) is 28.0 Å². The Bertz CT molecular complexity index is 1130. The van der Waals surface area contributed by atoms with E-state index in [4.69, 9.17) is 4.74 Å². The summed E-state index contributed by atoms with van der Waals surface area (Å²) in [6.45, 7) is 7.08. The highest BCUT2D eigenvalue weighted by atomic mass is 16.5. The fourth-order valence-corrected chi connectivity index (χ4v) is 3.88. The molecule has 2 heterocycles. The van der Waals surface area contributed by atoms with Crippen LogP contribution in [0.5, 0.6) is 0 Å². The fourth-order valence-electron chi connectivity index (χ4n) is 3.88. The molecule has 32 heavy (non-hydrogen) atoms. The second-order valence-electron chi connectivity index (χ2n) is 9.03. The van der Waals surface area contributed by atoms with Crippen LogP contribution in [0.3, 0.4) is 0 Å². The van der Waals surface area contributed by atoms with Gasteiger partial charge in [0.25, 0.3) is 11.8 Å². The number of aromatic amines is 1. The maximum atomic E-state index is 13.1. The van der Waals surface area contributed by atoms with Crippen molar-refractivity contribution < 1.29 is 14.3 Å². The molecule has 2 aromatic carbocycles. The molecular weight excluding hydrogens is 404 g/mol. The average molecular weight is 433 g/mol. The van der Waals surface area contributed by atoms with Crippen molar-refractivity contribution in [2.24, 2.45) is 0 Å². The summed E-state index contributed by atoms with van der Waals surface area (Å²) >= 11 is 0. The molecule has 0 fully saturated rings. The van der Waals surface area contributed by atoms with Crippen LogP contribution in [0.4, 0.5) is 5.82 Å². The minimum absolute atomic E-state index is 0.0542. The Kier molecular flexibility index (Phi) is 5.84. The molecule has 7 heteroatoms. The number of ether oxygens (including phenoxy) is 1. The summed E-state index contributed by atoms with van der Waals surface area (Å²) in [6, 6.07) is 17.0. The van der Waals surface area contributed by atoms with Gasteiger partial charge < -0.3 is 15.0 Å². The van der Waals surface area contributed by atoms with E-state index < -0.39 is 6.10 Å². The Hall–Kier alpha value is -3.45. The van der Waals surface area contributed by atoms with Gasteiger partial charge in [0.1, 0.15) is 0 Å². The van der Waals surface area contributed by atoms with E-state index in [9.17, 15) is 9.59 Å². The zero-order chi connectivity index (χ0) is 22.9. The van der Waals surface area contributed by atoms with Gasteiger partial charge in [0.15, 0.2) is 11.9 Å². The van der Waals surface area contributed by atoms with Gasteiger partial charge in [-0.05, 0) is 28.7 Å². The minimum atomic E-state index is -0.675. The van der Waals surface area contributed by atoms with Gasteiger partial charge in [0.05, 0.1) is 18.8 Å². The van der Waals surface area contributed by atoms with Crippen LogP contribution in [0.15, 0.2) is 54.6 Å². The number of rotatable bonds is 5. The number of hydrogen-bond donors (Lipinski definition) is 2. The Morgan fingerprint density at radius 3 is 2.53 bits per heavy atom. The van der Waals surface area contributed by atoms with E-state index in [1.54, 1.807) is 11.0 Å². The highest BCUT2D eigenvalue weighted by Crippen LogP contribution is 2.31. The first-order valence-electron chi connectivity index (χ1n) is 10.6. The molecule has 0 saturated carbocycles. The summed E-state index contributed by atoms with van der Waals surface area (Å²) in [5.41, 5.74) is 4.05. The molecule has 0 aliphatic carbocycles. The largest absolute Gasteiger partial charge is 0.367 e. The van der Waals surface area contributed by atoms with E-state index in [0.717, 1.165) is 22.4 Å². The molecule has 166 valence electrons. The number of carbonyl (C=O) groups is 2. The molecule has 0 spiro atoms. The first kappa shape index (κ1) is 21.8. The number of H-pyrrole nitrogens is 1. The maximum absolute atomic E-state index is 13.1. The topological polar surface area (TPSA) is 87.3 Å². The van der Waals surface area contributed by atoms with Gasteiger partial charge in [-0.2, -0.15) is 5.10 Å². The van der Waals surface area contributed by atoms with E-state index in [1.165, 1.54) is 7.11 Å². The molecule has 7 nitrogen and oxygen atoms in total. The third kappa shape index (κ3) is 4.29. The number of hydrogen-bond acceptors (Lipinski definition) is 4. The zero-order valence-electron chi connectivity index (χ0n) is 18.8. The SMILES string of the molecule is COC(C(=O)N1Cc2[nH]nc(NC(=O)c3cccc(C(C)(C)C)c3)c2C1)c1ccccc1. The number of nitrogens with one attached hydrogen (secondary N) is 2. The molecule has 3 aromatic rings. The summed E-state index contributed by atoms with van der Waals surface area (Å²) in [5.74, 6) is 0.0998. The second kappa shape index (κ2) is 8.59. The third-order valence-electron chi connectivity index (χ3n) is 5.75. The first-order chi connectivity index (χ1) is 15.3. The summed E-state index contributed by atoms with van der Waals surface area (Å²) < 4.78 is 5.49. The third-order valence-corrected chi connectivity index (χ3v) is 5.75. The molecule has 1 unspecified atom stereocenters. The normalized spacial score (nSPS) is 14.2. The van der Waals surface area contributed by atoms with Crippen molar-refractivity contribution in [2.75, 3.05) is 12.4 Å². The van der Waals surface area contributed by atoms with Crippen molar-refractivity contribution in [3.63, 3.8) is 0 Å². The van der Waals surface area contributed by atoms with Gasteiger partial charge in [-0.25, -0.2) is 0 Å². The summed E-state index contributed by atoms with van der Waals surface area (Å²) in [6.07, 6.45) is -0.675. The van der Waals surface area contributed by atoms with Gasteiger partial charge in [-0.3, -0.25) is 14.7 Å². The maximum Gasteiger partial charge on any atom is 0.256 e. The highest BCUT2D eigenvalue weighted by molar-refractivity contribution is 6.04. The number of methoxy groups -OCH3 is 1. The van der Waals surface area contributed by atoms with Crippen molar-refractivity contribution in [3.05, 3.63) is 82.5 Å². The van der Waals surface area contributed by atoms with Crippen LogP contribution in [0, 0.1) is 0 Å². The van der Waals surface area contributed by atoms with Crippen LogP contribution >= 0.6 is 0 Å². The number of anilines is 1. The molecule has 4 rings (SSSR count). The van der Waals surface area contributed by atoms with Gasteiger partial charge >= 0.3 is 0 Å². The number of amides is 2. The summed E-state index contributed by atoms with van der Waals surface area (Å²) in [5, 5.41) is 10.1. The van der Waals surface area contributed by atoms with Crippen LogP contribution in [0.1, 0.15) is 59.6 Å². The summed E-state index contributed by atoms with van der Waals surface area (Å²) in [4.78, 5) is 27.7. The lowest BCUT2D eigenvalue weighted by atomic mass is 9.86. The smallest absolute Gasteiger partial charge is 0.256 e. The number of fused-ring (bicyclic) bond motifs is 1. The monoisotopic (exact) mass is 432 g/mol. The highest BCUT2D eigenvalue weighted by Gasteiger charge is 2.33. The lowest BCUT2D eigenvalue weighted by Crippen LogP contribution is -2.32. The van der Waals surface area contributed by atoms with Crippen molar-refractivity contribution in [1.82, 2.24) is 15.1 Å². The lowest BCUT2D eigenvalue weighted by Gasteiger charge is -2.22. The Morgan fingerprint density at radius 1 is 1.09 bits per heavy atom. The average Bonchev–Trinajstić information content (AvgIpc) is 3.36. The van der Waals surface area contributed by atoms with Gasteiger partial charge in [0, 0.05) is 18.2 Å². The van der Waals surface area contributed by atoms with Crippen molar-refractivity contribution in [2.45, 2.75) is 45.4 Å². The van der Waals surface area contributed by atoms with Crippen LogP contribution in [0.25, 0.3) is 0 Å². The standard InChI is InChI=1S/C25H28N4O3/c1-25(2,3)18-12-8-11-17(13-18)23(30)26-22-19-14-29(15-20(19)27-28-22)24(31)21(32-4)16-9-6-5-7-10-16/h5-13,21H,14-15H2,1-4H3,(H2,26,27,28,30). The molecule has 1 atom stereocenters. The predicted molar refractivity (Wildman–Crippen MR) is 122 cm³/mol. The van der Waals surface area contributed by atoms with E-state index in [1.807, 2.05) is 48.5 Å². The Balaban J connectivity index is 1.48. The quantitative estimate of drug-likeness (QED) is 0.633. The Morgan fingerprint density at radius 2 is 1.84 bits per heavy atom. The van der Waals surface area contributed by atoms with Crippen LogP contribution in [-0.4, -0.2) is 34.0 Å². The minimum Gasteiger partial charge on any atom is -0.367 e. The van der Waals surface area contributed by atoms with E-state index >= 15 is 0 Å². The number of carbonyl (C=O) groups excluding carboxylic acids is 2. The molecule has 2 N–H and O–H groups in total. The van der Waals surface area contributed by atoms with E-state index in [2.05, 4.69) is 36.3 Å². The molecule has 0 radical (unpaired) electrons. The lowest BCUT2D eigenvalue weighted by molar-refractivity contribution is -0.143.